The fraction of sp³-hybridized carbons (Fsp3) is 0.316. The van der Waals surface area contributed by atoms with Gasteiger partial charge in [-0.2, -0.15) is 0 Å². The summed E-state index contributed by atoms with van der Waals surface area (Å²) in [6.45, 7) is 7.22. The quantitative estimate of drug-likeness (QED) is 0.855. The van der Waals surface area contributed by atoms with Gasteiger partial charge in [0.25, 0.3) is 0 Å². The van der Waals surface area contributed by atoms with Gasteiger partial charge in [-0.3, -0.25) is 4.79 Å². The second-order valence-electron chi connectivity index (χ2n) is 5.54. The van der Waals surface area contributed by atoms with E-state index in [-0.39, 0.29) is 5.91 Å². The van der Waals surface area contributed by atoms with Crippen molar-refractivity contribution in [3.8, 4) is 0 Å². The Morgan fingerprint density at radius 2 is 1.64 bits per heavy atom. The van der Waals surface area contributed by atoms with E-state index in [9.17, 15) is 4.79 Å². The number of rotatable bonds is 6. The van der Waals surface area contributed by atoms with E-state index in [1.165, 1.54) is 16.7 Å². The molecule has 0 spiro atoms. The van der Waals surface area contributed by atoms with Gasteiger partial charge < -0.3 is 10.6 Å². The van der Waals surface area contributed by atoms with Crippen LogP contribution in [0.5, 0.6) is 0 Å². The highest BCUT2D eigenvalue weighted by Gasteiger charge is 2.08. The van der Waals surface area contributed by atoms with Crippen molar-refractivity contribution in [1.82, 2.24) is 5.32 Å². The number of nitrogens with one attached hydrogen (secondary N) is 2. The molecule has 0 fully saturated rings. The van der Waals surface area contributed by atoms with E-state index in [2.05, 4.69) is 42.7 Å². The topological polar surface area (TPSA) is 41.1 Å². The predicted octanol–water partition coefficient (Wildman–Crippen LogP) is 3.59. The van der Waals surface area contributed by atoms with E-state index in [1.54, 1.807) is 0 Å². The van der Waals surface area contributed by atoms with Crippen molar-refractivity contribution in [1.29, 1.82) is 0 Å². The minimum atomic E-state index is -0.00224. The minimum Gasteiger partial charge on any atom is -0.324 e. The molecule has 2 aromatic rings. The second kappa shape index (κ2) is 7.76. The number of amides is 1. The molecule has 1 amide bonds. The minimum absolute atomic E-state index is 0.00224. The molecule has 0 saturated heterocycles. The lowest BCUT2D eigenvalue weighted by Crippen LogP contribution is -2.28. The van der Waals surface area contributed by atoms with Crippen LogP contribution in [-0.2, 0) is 17.8 Å². The fourth-order valence-electron chi connectivity index (χ4n) is 2.50. The number of carbonyl (C=O) groups excluding carboxylic acids is 1. The average molecular weight is 296 g/mol. The van der Waals surface area contributed by atoms with Crippen LogP contribution in [0.2, 0.25) is 0 Å². The number of anilines is 1. The molecule has 0 aliphatic heterocycles. The van der Waals surface area contributed by atoms with Gasteiger partial charge in [0.05, 0.1) is 6.54 Å². The Morgan fingerprint density at radius 3 is 2.36 bits per heavy atom. The monoisotopic (exact) mass is 296 g/mol. The summed E-state index contributed by atoms with van der Waals surface area (Å²) >= 11 is 0. The van der Waals surface area contributed by atoms with Crippen molar-refractivity contribution >= 4 is 11.6 Å². The Balaban J connectivity index is 1.90. The third-order valence-corrected chi connectivity index (χ3v) is 3.87. The zero-order chi connectivity index (χ0) is 15.9. The van der Waals surface area contributed by atoms with Crippen LogP contribution in [0.25, 0.3) is 0 Å². The van der Waals surface area contributed by atoms with Gasteiger partial charge in [0.2, 0.25) is 5.91 Å². The Morgan fingerprint density at radius 1 is 0.955 bits per heavy atom. The molecule has 2 N–H and O–H groups in total. The van der Waals surface area contributed by atoms with Gasteiger partial charge in [0.1, 0.15) is 0 Å². The van der Waals surface area contributed by atoms with E-state index < -0.39 is 0 Å². The highest BCUT2D eigenvalue weighted by Crippen LogP contribution is 2.20. The Labute approximate surface area is 132 Å². The number of para-hydroxylation sites is 1. The molecule has 2 aromatic carbocycles. The van der Waals surface area contributed by atoms with Gasteiger partial charge >= 0.3 is 0 Å². The first-order valence-electron chi connectivity index (χ1n) is 7.75. The van der Waals surface area contributed by atoms with Crippen LogP contribution in [0.3, 0.4) is 0 Å². The number of benzene rings is 2. The van der Waals surface area contributed by atoms with Gasteiger partial charge in [0, 0.05) is 12.2 Å². The van der Waals surface area contributed by atoms with Crippen molar-refractivity contribution in [2.45, 2.75) is 33.7 Å². The number of hydrogen-bond donors (Lipinski definition) is 2. The standard InChI is InChI=1S/C19H24N2O/c1-4-16-11-7-9-15(3)19(16)21-18(22)13-20-12-17-10-6-5-8-14(17)2/h5-11,20H,4,12-13H2,1-3H3,(H,21,22). The summed E-state index contributed by atoms with van der Waals surface area (Å²) < 4.78 is 0. The third kappa shape index (κ3) is 4.18. The largest absolute Gasteiger partial charge is 0.324 e. The second-order valence-corrected chi connectivity index (χ2v) is 5.54. The van der Waals surface area contributed by atoms with Crippen molar-refractivity contribution in [2.75, 3.05) is 11.9 Å². The summed E-state index contributed by atoms with van der Waals surface area (Å²) in [5.41, 5.74) is 5.69. The van der Waals surface area contributed by atoms with E-state index in [4.69, 9.17) is 0 Å². The molecule has 3 heteroatoms. The zero-order valence-corrected chi connectivity index (χ0v) is 13.6. The summed E-state index contributed by atoms with van der Waals surface area (Å²) in [4.78, 5) is 12.1. The van der Waals surface area contributed by atoms with Gasteiger partial charge in [-0.25, -0.2) is 0 Å². The molecular formula is C19H24N2O. The lowest BCUT2D eigenvalue weighted by Gasteiger charge is -2.13. The molecule has 0 saturated carbocycles. The summed E-state index contributed by atoms with van der Waals surface area (Å²) in [6.07, 6.45) is 0.911. The lowest BCUT2D eigenvalue weighted by atomic mass is 10.1. The van der Waals surface area contributed by atoms with Crippen molar-refractivity contribution in [2.24, 2.45) is 0 Å². The molecule has 116 valence electrons. The average Bonchev–Trinajstić information content (AvgIpc) is 2.51. The van der Waals surface area contributed by atoms with Crippen molar-refractivity contribution in [3.05, 3.63) is 64.7 Å². The maximum absolute atomic E-state index is 12.1. The number of hydrogen-bond acceptors (Lipinski definition) is 2. The molecule has 2 rings (SSSR count). The fourth-order valence-corrected chi connectivity index (χ4v) is 2.50. The number of carbonyl (C=O) groups is 1. The summed E-state index contributed by atoms with van der Waals surface area (Å²) in [5, 5.41) is 6.24. The van der Waals surface area contributed by atoms with Crippen LogP contribution >= 0.6 is 0 Å². The predicted molar refractivity (Wildman–Crippen MR) is 92.1 cm³/mol. The molecule has 0 unspecified atom stereocenters. The first-order chi connectivity index (χ1) is 10.6. The molecule has 0 aliphatic rings. The van der Waals surface area contributed by atoms with E-state index in [1.807, 2.05) is 31.2 Å². The molecule has 0 heterocycles. The Bertz CT molecular complexity index is 650. The summed E-state index contributed by atoms with van der Waals surface area (Å²) in [7, 11) is 0. The molecule has 0 bridgehead atoms. The van der Waals surface area contributed by atoms with Gasteiger partial charge in [-0.1, -0.05) is 49.4 Å². The van der Waals surface area contributed by atoms with Crippen LogP contribution in [0.4, 0.5) is 5.69 Å². The summed E-state index contributed by atoms with van der Waals surface area (Å²) in [5.74, 6) is -0.00224. The number of aryl methyl sites for hydroxylation is 3. The normalized spacial score (nSPS) is 10.5. The van der Waals surface area contributed by atoms with Crippen LogP contribution in [0, 0.1) is 13.8 Å². The van der Waals surface area contributed by atoms with Crippen LogP contribution in [0.1, 0.15) is 29.2 Å². The first-order valence-corrected chi connectivity index (χ1v) is 7.75. The molecule has 3 nitrogen and oxygen atoms in total. The molecular weight excluding hydrogens is 272 g/mol. The summed E-state index contributed by atoms with van der Waals surface area (Å²) in [6, 6.07) is 14.3. The molecule has 22 heavy (non-hydrogen) atoms. The van der Waals surface area contributed by atoms with Gasteiger partial charge in [-0.15, -0.1) is 0 Å². The third-order valence-electron chi connectivity index (χ3n) is 3.87. The van der Waals surface area contributed by atoms with Crippen molar-refractivity contribution < 1.29 is 4.79 Å². The SMILES string of the molecule is CCc1cccc(C)c1NC(=O)CNCc1ccccc1C. The van der Waals surface area contributed by atoms with E-state index in [0.29, 0.717) is 13.1 Å². The lowest BCUT2D eigenvalue weighted by molar-refractivity contribution is -0.115. The molecule has 0 aliphatic carbocycles. The highest BCUT2D eigenvalue weighted by molar-refractivity contribution is 5.93. The van der Waals surface area contributed by atoms with Gasteiger partial charge in [0.15, 0.2) is 0 Å². The Kier molecular flexibility index (Phi) is 5.73. The highest BCUT2D eigenvalue weighted by atomic mass is 16.1. The first kappa shape index (κ1) is 16.2. The van der Waals surface area contributed by atoms with Gasteiger partial charge in [-0.05, 0) is 42.5 Å². The maximum Gasteiger partial charge on any atom is 0.238 e. The van der Waals surface area contributed by atoms with Crippen LogP contribution in [-0.4, -0.2) is 12.5 Å². The van der Waals surface area contributed by atoms with E-state index >= 15 is 0 Å². The van der Waals surface area contributed by atoms with Crippen LogP contribution in [0.15, 0.2) is 42.5 Å². The van der Waals surface area contributed by atoms with E-state index in [0.717, 1.165) is 17.7 Å². The maximum atomic E-state index is 12.1. The van der Waals surface area contributed by atoms with Crippen LogP contribution < -0.4 is 10.6 Å². The zero-order valence-electron chi connectivity index (χ0n) is 13.6. The molecule has 0 aromatic heterocycles. The van der Waals surface area contributed by atoms with Crippen molar-refractivity contribution in [3.63, 3.8) is 0 Å². The smallest absolute Gasteiger partial charge is 0.238 e. The molecule has 0 atom stereocenters. The Hall–Kier alpha value is -2.13. The molecule has 0 radical (unpaired) electrons.